The van der Waals surface area contributed by atoms with Gasteiger partial charge in [-0.2, -0.15) is 10.5 Å². The fraction of sp³-hybridized carbons (Fsp3) is 0.640. The summed E-state index contributed by atoms with van der Waals surface area (Å²) < 4.78 is 0. The number of likely N-dealkylation sites (tertiary alicyclic amines) is 1. The van der Waals surface area contributed by atoms with Gasteiger partial charge in [0.15, 0.2) is 5.82 Å². The number of piperidine rings is 1. The number of aromatic nitrogens is 4. The molecule has 1 aliphatic rings. The first-order chi connectivity index (χ1) is 16.1. The number of H-pyrrole nitrogens is 1. The average molecular weight is 453 g/mol. The molecular weight excluding hydrogens is 416 g/mol. The van der Waals surface area contributed by atoms with Crippen molar-refractivity contribution in [3.05, 3.63) is 41.2 Å². The van der Waals surface area contributed by atoms with Gasteiger partial charge in [0, 0.05) is 25.4 Å². The molecule has 1 fully saturated rings. The molecule has 0 bridgehead atoms. The molecule has 3 rings (SSSR count). The first-order valence-corrected chi connectivity index (χ1v) is 12.2. The maximum Gasteiger partial charge on any atom is 0.222 e. The van der Waals surface area contributed by atoms with Crippen molar-refractivity contribution < 1.29 is 9.90 Å². The molecule has 8 nitrogen and oxygen atoms in total. The Labute approximate surface area is 196 Å². The molecule has 1 aliphatic heterocycles. The molecule has 0 saturated carbocycles. The Kier molecular flexibility index (Phi) is 9.82. The number of rotatable bonds is 13. The fourth-order valence-electron chi connectivity index (χ4n) is 4.58. The molecule has 1 aromatic heterocycles. The lowest BCUT2D eigenvalue weighted by Gasteiger charge is -2.36. The molecule has 2 N–H and O–H groups in total. The zero-order valence-electron chi connectivity index (χ0n) is 19.6. The second-order valence-electron chi connectivity index (χ2n) is 9.15. The quantitative estimate of drug-likeness (QED) is 0.447. The predicted molar refractivity (Wildman–Crippen MR) is 125 cm³/mol. The third-order valence-electron chi connectivity index (χ3n) is 6.61. The Morgan fingerprint density at radius 2 is 2.03 bits per heavy atom. The molecule has 0 spiro atoms. The second kappa shape index (κ2) is 13.0. The van der Waals surface area contributed by atoms with Crippen LogP contribution < -0.4 is 0 Å². The minimum atomic E-state index is -0.423. The molecule has 178 valence electrons. The zero-order chi connectivity index (χ0) is 23.5. The highest BCUT2D eigenvalue weighted by Crippen LogP contribution is 2.24. The summed E-state index contributed by atoms with van der Waals surface area (Å²) in [6.07, 6.45) is 9.35. The number of tetrazole rings is 1. The van der Waals surface area contributed by atoms with Gasteiger partial charge in [-0.3, -0.25) is 4.79 Å². The number of benzene rings is 1. The number of nitrogens with one attached hydrogen (secondary N) is 1. The van der Waals surface area contributed by atoms with Crippen LogP contribution in [0.5, 0.6) is 0 Å². The molecule has 33 heavy (non-hydrogen) atoms. The first kappa shape index (κ1) is 24.8. The molecular formula is C25H36N6O2. The number of hydrogen-bond donors (Lipinski definition) is 2. The Bertz CT molecular complexity index is 877. The summed E-state index contributed by atoms with van der Waals surface area (Å²) in [4.78, 5) is 14.6. The lowest BCUT2D eigenvalue weighted by atomic mass is 9.93. The summed E-state index contributed by atoms with van der Waals surface area (Å²) in [6.45, 7) is 2.69. The number of hydrogen-bond acceptors (Lipinski definition) is 6. The standard InChI is InChI=1S/C25H36N6O2/c1-19(18-26)21-12-10-20(11-13-21)17-23(32)15-14-22-7-6-9-25(33)31(22)16-5-3-2-4-8-24-27-29-30-28-24/h10-13,19,22-23,32H,2-9,14-17H2,1H3,(H,27,28,29,30)/t19?,22-,23?/m1/s1. The molecule has 0 aliphatic carbocycles. The molecule has 1 aromatic carbocycles. The van der Waals surface area contributed by atoms with Crippen molar-refractivity contribution in [2.75, 3.05) is 6.54 Å². The van der Waals surface area contributed by atoms with Gasteiger partial charge in [-0.05, 0) is 63.0 Å². The van der Waals surface area contributed by atoms with Crippen LogP contribution in [0.4, 0.5) is 0 Å². The minimum absolute atomic E-state index is 0.121. The Hall–Kier alpha value is -2.79. The monoisotopic (exact) mass is 452 g/mol. The van der Waals surface area contributed by atoms with Gasteiger partial charge in [-0.1, -0.05) is 42.3 Å². The van der Waals surface area contributed by atoms with Gasteiger partial charge in [0.25, 0.3) is 0 Å². The van der Waals surface area contributed by atoms with Crippen molar-refractivity contribution in [3.63, 3.8) is 0 Å². The normalized spacial score (nSPS) is 18.2. The molecule has 2 aromatic rings. The molecule has 0 radical (unpaired) electrons. The Morgan fingerprint density at radius 3 is 2.76 bits per heavy atom. The van der Waals surface area contributed by atoms with Crippen molar-refractivity contribution in [2.24, 2.45) is 0 Å². The average Bonchev–Trinajstić information content (AvgIpc) is 3.34. The van der Waals surface area contributed by atoms with E-state index in [2.05, 4.69) is 31.6 Å². The first-order valence-electron chi connectivity index (χ1n) is 12.2. The maximum atomic E-state index is 12.5. The van der Waals surface area contributed by atoms with Crippen LogP contribution in [-0.4, -0.2) is 55.2 Å². The van der Waals surface area contributed by atoms with Crippen molar-refractivity contribution in [2.45, 2.75) is 95.6 Å². The number of carbonyl (C=O) groups excluding carboxylic acids is 1. The SMILES string of the molecule is CC(C#N)c1ccc(CC(O)CC[C@H]2CCCC(=O)N2CCCCCCc2nn[nH]n2)cc1. The summed E-state index contributed by atoms with van der Waals surface area (Å²) >= 11 is 0. The van der Waals surface area contributed by atoms with Crippen LogP contribution in [0.1, 0.15) is 87.6 Å². The fourth-order valence-corrected chi connectivity index (χ4v) is 4.58. The Balaban J connectivity index is 1.38. The largest absolute Gasteiger partial charge is 0.393 e. The van der Waals surface area contributed by atoms with E-state index in [1.54, 1.807) is 0 Å². The van der Waals surface area contributed by atoms with Crippen LogP contribution >= 0.6 is 0 Å². The minimum Gasteiger partial charge on any atom is -0.393 e. The van der Waals surface area contributed by atoms with Gasteiger partial charge in [0.2, 0.25) is 5.91 Å². The van der Waals surface area contributed by atoms with E-state index in [1.165, 1.54) is 0 Å². The van der Waals surface area contributed by atoms with E-state index in [-0.39, 0.29) is 17.9 Å². The van der Waals surface area contributed by atoms with Crippen LogP contribution in [0.25, 0.3) is 0 Å². The van der Waals surface area contributed by atoms with Gasteiger partial charge in [0.05, 0.1) is 18.1 Å². The summed E-state index contributed by atoms with van der Waals surface area (Å²) in [5.74, 6) is 0.895. The number of aliphatic hydroxyl groups excluding tert-OH is 1. The number of nitrogens with zero attached hydrogens (tertiary/aromatic N) is 5. The van der Waals surface area contributed by atoms with Crippen molar-refractivity contribution in [1.82, 2.24) is 25.5 Å². The van der Waals surface area contributed by atoms with Gasteiger partial charge >= 0.3 is 0 Å². The molecule has 1 amide bonds. The second-order valence-corrected chi connectivity index (χ2v) is 9.15. The number of nitriles is 1. The summed E-state index contributed by atoms with van der Waals surface area (Å²) in [5, 5.41) is 33.6. The molecule has 3 atom stereocenters. The van der Waals surface area contributed by atoms with E-state index in [0.717, 1.165) is 74.9 Å². The van der Waals surface area contributed by atoms with Gasteiger partial charge in [-0.15, -0.1) is 10.2 Å². The van der Waals surface area contributed by atoms with Crippen molar-refractivity contribution in [3.8, 4) is 6.07 Å². The number of carbonyl (C=O) groups is 1. The van der Waals surface area contributed by atoms with E-state index >= 15 is 0 Å². The van der Waals surface area contributed by atoms with Crippen LogP contribution in [0.15, 0.2) is 24.3 Å². The van der Waals surface area contributed by atoms with Crippen molar-refractivity contribution >= 4 is 5.91 Å². The lowest BCUT2D eigenvalue weighted by Crippen LogP contribution is -2.44. The van der Waals surface area contributed by atoms with E-state index in [4.69, 9.17) is 5.26 Å². The van der Waals surface area contributed by atoms with Gasteiger partial charge in [0.1, 0.15) is 0 Å². The van der Waals surface area contributed by atoms with Crippen LogP contribution in [-0.2, 0) is 17.6 Å². The molecule has 8 heteroatoms. The zero-order valence-corrected chi connectivity index (χ0v) is 19.6. The third-order valence-corrected chi connectivity index (χ3v) is 6.61. The van der Waals surface area contributed by atoms with Crippen molar-refractivity contribution in [1.29, 1.82) is 5.26 Å². The molecule has 2 unspecified atom stereocenters. The number of unbranched alkanes of at least 4 members (excludes halogenated alkanes) is 3. The molecule has 2 heterocycles. The maximum absolute atomic E-state index is 12.5. The highest BCUT2D eigenvalue weighted by atomic mass is 16.3. The third kappa shape index (κ3) is 7.93. The number of aromatic amines is 1. The van der Waals surface area contributed by atoms with Crippen LogP contribution in [0.3, 0.4) is 0 Å². The number of amides is 1. The number of aryl methyl sites for hydroxylation is 1. The van der Waals surface area contributed by atoms with E-state index in [1.807, 2.05) is 31.2 Å². The summed E-state index contributed by atoms with van der Waals surface area (Å²) in [7, 11) is 0. The lowest BCUT2D eigenvalue weighted by molar-refractivity contribution is -0.136. The van der Waals surface area contributed by atoms with Gasteiger partial charge < -0.3 is 10.0 Å². The Morgan fingerprint density at radius 1 is 1.24 bits per heavy atom. The van der Waals surface area contributed by atoms with Gasteiger partial charge in [-0.25, -0.2) is 0 Å². The smallest absolute Gasteiger partial charge is 0.222 e. The van der Waals surface area contributed by atoms with E-state index < -0.39 is 6.10 Å². The van der Waals surface area contributed by atoms with Crippen LogP contribution in [0, 0.1) is 11.3 Å². The van der Waals surface area contributed by atoms with E-state index in [9.17, 15) is 9.90 Å². The predicted octanol–water partition coefficient (Wildman–Crippen LogP) is 3.69. The summed E-state index contributed by atoms with van der Waals surface area (Å²) in [5.41, 5.74) is 2.08. The summed E-state index contributed by atoms with van der Waals surface area (Å²) in [6, 6.07) is 10.4. The molecule has 1 saturated heterocycles. The van der Waals surface area contributed by atoms with Crippen LogP contribution in [0.2, 0.25) is 0 Å². The topological polar surface area (TPSA) is 119 Å². The highest BCUT2D eigenvalue weighted by Gasteiger charge is 2.27. The highest BCUT2D eigenvalue weighted by molar-refractivity contribution is 5.77. The van der Waals surface area contributed by atoms with E-state index in [0.29, 0.717) is 19.3 Å². The number of aliphatic hydroxyl groups is 1.